The van der Waals surface area contributed by atoms with Crippen LogP contribution >= 0.6 is 0 Å². The average molecular weight is 291 g/mol. The Morgan fingerprint density at radius 2 is 1.86 bits per heavy atom. The minimum atomic E-state index is -0.424. The number of para-hydroxylation sites is 1. The standard InChI is InChI=1S/C17H19F2NO/c1-13(16-12-14(18)8-9-17(16)19)20-10-5-11-21-15-6-3-2-4-7-15/h2-4,6-9,12-13,20H,5,10-11H2,1H3. The highest BCUT2D eigenvalue weighted by Crippen LogP contribution is 2.17. The summed E-state index contributed by atoms with van der Waals surface area (Å²) in [7, 11) is 0. The van der Waals surface area contributed by atoms with Crippen molar-refractivity contribution >= 4 is 0 Å². The van der Waals surface area contributed by atoms with Crippen molar-refractivity contribution in [2.75, 3.05) is 13.2 Å². The SMILES string of the molecule is CC(NCCCOc1ccccc1)c1cc(F)ccc1F. The second kappa shape index (κ2) is 7.74. The van der Waals surface area contributed by atoms with Crippen LogP contribution in [0.4, 0.5) is 8.78 Å². The Morgan fingerprint density at radius 3 is 2.62 bits per heavy atom. The van der Waals surface area contributed by atoms with Gasteiger partial charge in [-0.2, -0.15) is 0 Å². The first kappa shape index (κ1) is 15.4. The quantitative estimate of drug-likeness (QED) is 0.776. The molecule has 0 aliphatic carbocycles. The van der Waals surface area contributed by atoms with Crippen LogP contribution in [0.1, 0.15) is 24.9 Å². The molecule has 0 amide bonds. The van der Waals surface area contributed by atoms with E-state index in [2.05, 4.69) is 5.32 Å². The van der Waals surface area contributed by atoms with Crippen LogP contribution in [0, 0.1) is 11.6 Å². The van der Waals surface area contributed by atoms with Crippen molar-refractivity contribution in [1.82, 2.24) is 5.32 Å². The fraction of sp³-hybridized carbons (Fsp3) is 0.294. The predicted molar refractivity (Wildman–Crippen MR) is 79.3 cm³/mol. The van der Waals surface area contributed by atoms with Gasteiger partial charge in [0.2, 0.25) is 0 Å². The van der Waals surface area contributed by atoms with Crippen molar-refractivity contribution in [2.45, 2.75) is 19.4 Å². The van der Waals surface area contributed by atoms with E-state index in [4.69, 9.17) is 4.74 Å². The van der Waals surface area contributed by atoms with Crippen LogP contribution in [0.3, 0.4) is 0 Å². The molecule has 0 aliphatic rings. The van der Waals surface area contributed by atoms with Crippen LogP contribution in [0.2, 0.25) is 0 Å². The molecule has 0 heterocycles. The van der Waals surface area contributed by atoms with Crippen molar-refractivity contribution in [1.29, 1.82) is 0 Å². The lowest BCUT2D eigenvalue weighted by molar-refractivity contribution is 0.305. The minimum absolute atomic E-state index is 0.238. The number of rotatable bonds is 7. The van der Waals surface area contributed by atoms with E-state index in [0.29, 0.717) is 18.7 Å². The van der Waals surface area contributed by atoms with E-state index >= 15 is 0 Å². The number of halogens is 2. The minimum Gasteiger partial charge on any atom is -0.494 e. The lowest BCUT2D eigenvalue weighted by atomic mass is 10.1. The Hall–Kier alpha value is -1.94. The molecule has 1 atom stereocenters. The molecule has 0 saturated heterocycles. The molecule has 112 valence electrons. The van der Waals surface area contributed by atoms with Gasteiger partial charge < -0.3 is 10.1 Å². The lowest BCUT2D eigenvalue weighted by Crippen LogP contribution is -2.22. The Balaban J connectivity index is 1.72. The summed E-state index contributed by atoms with van der Waals surface area (Å²) in [6, 6.07) is 12.8. The van der Waals surface area contributed by atoms with E-state index < -0.39 is 11.6 Å². The highest BCUT2D eigenvalue weighted by molar-refractivity contribution is 5.22. The number of nitrogens with one attached hydrogen (secondary N) is 1. The molecule has 0 fully saturated rings. The van der Waals surface area contributed by atoms with Crippen LogP contribution in [-0.2, 0) is 0 Å². The van der Waals surface area contributed by atoms with Crippen molar-refractivity contribution in [3.05, 3.63) is 65.7 Å². The summed E-state index contributed by atoms with van der Waals surface area (Å²) >= 11 is 0. The molecule has 0 spiro atoms. The number of hydrogen-bond acceptors (Lipinski definition) is 2. The third-order valence-electron chi connectivity index (χ3n) is 3.21. The van der Waals surface area contributed by atoms with E-state index in [1.807, 2.05) is 37.3 Å². The van der Waals surface area contributed by atoms with Gasteiger partial charge in [0, 0.05) is 11.6 Å². The van der Waals surface area contributed by atoms with Gasteiger partial charge in [-0.1, -0.05) is 18.2 Å². The van der Waals surface area contributed by atoms with Gasteiger partial charge in [-0.3, -0.25) is 0 Å². The van der Waals surface area contributed by atoms with E-state index in [9.17, 15) is 8.78 Å². The molecule has 0 bridgehead atoms. The molecular formula is C17H19F2NO. The monoisotopic (exact) mass is 291 g/mol. The van der Waals surface area contributed by atoms with E-state index in [1.165, 1.54) is 6.07 Å². The van der Waals surface area contributed by atoms with Gasteiger partial charge >= 0.3 is 0 Å². The van der Waals surface area contributed by atoms with Crippen molar-refractivity contribution < 1.29 is 13.5 Å². The largest absolute Gasteiger partial charge is 0.494 e. The molecule has 0 saturated carbocycles. The average Bonchev–Trinajstić information content (AvgIpc) is 2.50. The summed E-state index contributed by atoms with van der Waals surface area (Å²) in [4.78, 5) is 0. The Kier molecular flexibility index (Phi) is 5.69. The van der Waals surface area contributed by atoms with Gasteiger partial charge in [0.15, 0.2) is 0 Å². The van der Waals surface area contributed by atoms with Gasteiger partial charge in [0.25, 0.3) is 0 Å². The molecule has 2 aromatic carbocycles. The van der Waals surface area contributed by atoms with Crippen LogP contribution in [0.15, 0.2) is 48.5 Å². The molecule has 4 heteroatoms. The zero-order valence-corrected chi connectivity index (χ0v) is 12.0. The van der Waals surface area contributed by atoms with Gasteiger partial charge in [0.1, 0.15) is 17.4 Å². The summed E-state index contributed by atoms with van der Waals surface area (Å²) in [5.41, 5.74) is 0.346. The zero-order valence-electron chi connectivity index (χ0n) is 12.0. The second-order valence-electron chi connectivity index (χ2n) is 4.86. The molecule has 2 nitrogen and oxygen atoms in total. The summed E-state index contributed by atoms with van der Waals surface area (Å²) in [5.74, 6) is 0.0196. The first-order valence-electron chi connectivity index (χ1n) is 7.03. The van der Waals surface area contributed by atoms with Gasteiger partial charge in [-0.15, -0.1) is 0 Å². The number of hydrogen-bond donors (Lipinski definition) is 1. The van der Waals surface area contributed by atoms with Crippen LogP contribution in [0.25, 0.3) is 0 Å². The van der Waals surface area contributed by atoms with E-state index in [-0.39, 0.29) is 6.04 Å². The summed E-state index contributed by atoms with van der Waals surface area (Å²) in [6.45, 7) is 3.06. The highest BCUT2D eigenvalue weighted by atomic mass is 19.1. The van der Waals surface area contributed by atoms with Crippen molar-refractivity contribution in [3.63, 3.8) is 0 Å². The van der Waals surface area contributed by atoms with E-state index in [1.54, 1.807) is 0 Å². The third kappa shape index (κ3) is 4.83. The van der Waals surface area contributed by atoms with Gasteiger partial charge in [-0.25, -0.2) is 8.78 Å². The number of ether oxygens (including phenoxy) is 1. The van der Waals surface area contributed by atoms with Crippen LogP contribution < -0.4 is 10.1 Å². The van der Waals surface area contributed by atoms with Crippen molar-refractivity contribution in [2.24, 2.45) is 0 Å². The lowest BCUT2D eigenvalue weighted by Gasteiger charge is -2.15. The third-order valence-corrected chi connectivity index (χ3v) is 3.21. The molecule has 1 N–H and O–H groups in total. The molecular weight excluding hydrogens is 272 g/mol. The summed E-state index contributed by atoms with van der Waals surface area (Å²) < 4.78 is 32.3. The Labute approximate surface area is 123 Å². The maximum absolute atomic E-state index is 13.6. The van der Waals surface area contributed by atoms with Crippen molar-refractivity contribution in [3.8, 4) is 5.75 Å². The second-order valence-corrected chi connectivity index (χ2v) is 4.86. The Bertz CT molecular complexity index is 560. The maximum Gasteiger partial charge on any atom is 0.128 e. The normalized spacial score (nSPS) is 12.1. The van der Waals surface area contributed by atoms with Crippen LogP contribution in [-0.4, -0.2) is 13.2 Å². The Morgan fingerprint density at radius 1 is 1.10 bits per heavy atom. The summed E-state index contributed by atoms with van der Waals surface area (Å²) in [5, 5.41) is 3.17. The summed E-state index contributed by atoms with van der Waals surface area (Å²) in [6.07, 6.45) is 0.788. The fourth-order valence-corrected chi connectivity index (χ4v) is 2.05. The van der Waals surface area contributed by atoms with Crippen LogP contribution in [0.5, 0.6) is 5.75 Å². The predicted octanol–water partition coefficient (Wildman–Crippen LogP) is 4.08. The molecule has 0 aromatic heterocycles. The first-order chi connectivity index (χ1) is 10.2. The molecule has 0 aliphatic heterocycles. The number of benzene rings is 2. The topological polar surface area (TPSA) is 21.3 Å². The van der Waals surface area contributed by atoms with E-state index in [0.717, 1.165) is 24.3 Å². The maximum atomic E-state index is 13.6. The smallest absolute Gasteiger partial charge is 0.128 e. The molecule has 0 radical (unpaired) electrons. The van der Waals surface area contributed by atoms with Gasteiger partial charge in [0.05, 0.1) is 6.61 Å². The molecule has 2 rings (SSSR count). The molecule has 2 aromatic rings. The first-order valence-corrected chi connectivity index (χ1v) is 7.03. The fourth-order valence-electron chi connectivity index (χ4n) is 2.05. The molecule has 21 heavy (non-hydrogen) atoms. The van der Waals surface area contributed by atoms with Gasteiger partial charge in [-0.05, 0) is 50.2 Å². The highest BCUT2D eigenvalue weighted by Gasteiger charge is 2.11. The molecule has 1 unspecified atom stereocenters. The zero-order chi connectivity index (χ0) is 15.1.